The lowest BCUT2D eigenvalue weighted by Gasteiger charge is -2.25. The number of rotatable bonds is 6. The largest absolute Gasteiger partial charge is 0.386 e. The first-order chi connectivity index (χ1) is 13.5. The Morgan fingerprint density at radius 2 is 2.07 bits per heavy atom. The maximum absolute atomic E-state index is 14.9. The second kappa shape index (κ2) is 7.87. The lowest BCUT2D eigenvalue weighted by Crippen LogP contribution is -2.25. The summed E-state index contributed by atoms with van der Waals surface area (Å²) in [4.78, 5) is 4.34. The third-order valence-electron chi connectivity index (χ3n) is 5.56. The van der Waals surface area contributed by atoms with Crippen molar-refractivity contribution in [2.45, 2.75) is 44.7 Å². The Labute approximate surface area is 164 Å². The minimum atomic E-state index is -0.433. The van der Waals surface area contributed by atoms with Gasteiger partial charge in [0.05, 0.1) is 19.3 Å². The number of halogens is 2. The van der Waals surface area contributed by atoms with Crippen LogP contribution in [0.5, 0.6) is 0 Å². The van der Waals surface area contributed by atoms with Crippen molar-refractivity contribution in [1.29, 1.82) is 0 Å². The first kappa shape index (κ1) is 18.9. The maximum atomic E-state index is 14.9. The molecule has 4 rings (SSSR count). The molecule has 148 valence electrons. The van der Waals surface area contributed by atoms with Crippen LogP contribution in [0.1, 0.15) is 49.9 Å². The number of hydrogen-bond acceptors (Lipinski definition) is 4. The van der Waals surface area contributed by atoms with Gasteiger partial charge < -0.3 is 15.4 Å². The third kappa shape index (κ3) is 3.74. The lowest BCUT2D eigenvalue weighted by atomic mass is 9.96. The van der Waals surface area contributed by atoms with Crippen LogP contribution in [0.2, 0.25) is 0 Å². The molecule has 1 fully saturated rings. The van der Waals surface area contributed by atoms with E-state index in [1.165, 1.54) is 12.1 Å². The summed E-state index contributed by atoms with van der Waals surface area (Å²) in [5.74, 6) is -0.617. The normalized spacial score (nSPS) is 20.3. The van der Waals surface area contributed by atoms with Crippen LogP contribution in [0.4, 0.5) is 8.78 Å². The van der Waals surface area contributed by atoms with E-state index in [-0.39, 0.29) is 17.5 Å². The Balaban J connectivity index is 1.55. The summed E-state index contributed by atoms with van der Waals surface area (Å²) in [5.41, 5.74) is 3.08. The molecule has 2 atom stereocenters. The van der Waals surface area contributed by atoms with Crippen LogP contribution in [0.15, 0.2) is 42.4 Å². The fourth-order valence-electron chi connectivity index (χ4n) is 3.68. The van der Waals surface area contributed by atoms with Gasteiger partial charge in [0.1, 0.15) is 11.6 Å². The summed E-state index contributed by atoms with van der Waals surface area (Å²) in [6.45, 7) is 5.21. The first-order valence-corrected chi connectivity index (χ1v) is 9.79. The zero-order valence-electron chi connectivity index (χ0n) is 16.1. The lowest BCUT2D eigenvalue weighted by molar-refractivity contribution is 0.00674. The van der Waals surface area contributed by atoms with Crippen molar-refractivity contribution in [3.8, 4) is 11.1 Å². The molecule has 0 aliphatic carbocycles. The Morgan fingerprint density at radius 1 is 1.25 bits per heavy atom. The van der Waals surface area contributed by atoms with E-state index in [2.05, 4.69) is 22.5 Å². The van der Waals surface area contributed by atoms with Gasteiger partial charge in [-0.2, -0.15) is 0 Å². The topological polar surface area (TPSA) is 46.2 Å². The molecule has 0 bridgehead atoms. The van der Waals surface area contributed by atoms with Crippen molar-refractivity contribution in [1.82, 2.24) is 15.6 Å². The standard InChI is InChI=1S/C22H25F2N3O/c1-3-16-7-17(10-26-16)27-13(2)18-8-21(24)19(9-20(18)23)14-4-5-25-22(6-14)15-11-28-12-15/h4-6,8-10,13,15-16,26-27H,3,7,11-12H2,1-2H3. The number of pyridine rings is 1. The Hall–Kier alpha value is -2.47. The van der Waals surface area contributed by atoms with E-state index in [0.717, 1.165) is 24.2 Å². The van der Waals surface area contributed by atoms with Gasteiger partial charge in [0, 0.05) is 53.3 Å². The number of ether oxygens (including phenoxy) is 1. The summed E-state index contributed by atoms with van der Waals surface area (Å²) in [6.07, 6.45) is 5.46. The van der Waals surface area contributed by atoms with E-state index < -0.39 is 11.6 Å². The predicted molar refractivity (Wildman–Crippen MR) is 105 cm³/mol. The SMILES string of the molecule is CCC1CC(NC(C)c2cc(F)c(-c3ccnc(C4COC4)c3)cc2F)=CN1. The van der Waals surface area contributed by atoms with Crippen LogP contribution in [0.3, 0.4) is 0 Å². The van der Waals surface area contributed by atoms with Gasteiger partial charge in [0.15, 0.2) is 0 Å². The zero-order valence-corrected chi connectivity index (χ0v) is 16.1. The minimum absolute atomic E-state index is 0.233. The number of nitrogens with zero attached hydrogens (tertiary/aromatic N) is 1. The highest BCUT2D eigenvalue weighted by atomic mass is 19.1. The van der Waals surface area contributed by atoms with Gasteiger partial charge in [-0.15, -0.1) is 0 Å². The molecule has 2 N–H and O–H groups in total. The van der Waals surface area contributed by atoms with E-state index in [4.69, 9.17) is 4.74 Å². The van der Waals surface area contributed by atoms with E-state index in [0.29, 0.717) is 30.4 Å². The van der Waals surface area contributed by atoms with Gasteiger partial charge in [-0.1, -0.05) is 6.92 Å². The van der Waals surface area contributed by atoms with Crippen molar-refractivity contribution in [2.24, 2.45) is 0 Å². The molecule has 28 heavy (non-hydrogen) atoms. The fraction of sp³-hybridized carbons (Fsp3) is 0.409. The highest BCUT2D eigenvalue weighted by molar-refractivity contribution is 5.65. The highest BCUT2D eigenvalue weighted by Gasteiger charge is 2.23. The predicted octanol–water partition coefficient (Wildman–Crippen LogP) is 4.40. The zero-order chi connectivity index (χ0) is 19.7. The molecule has 2 aliphatic heterocycles. The minimum Gasteiger partial charge on any atom is -0.386 e. The van der Waals surface area contributed by atoms with Crippen LogP contribution >= 0.6 is 0 Å². The molecule has 6 heteroatoms. The molecule has 2 unspecified atom stereocenters. The smallest absolute Gasteiger partial charge is 0.131 e. The molecule has 2 aromatic rings. The van der Waals surface area contributed by atoms with Gasteiger partial charge in [-0.25, -0.2) is 8.78 Å². The summed E-state index contributed by atoms with van der Waals surface area (Å²) >= 11 is 0. The Bertz CT molecular complexity index is 895. The van der Waals surface area contributed by atoms with E-state index >= 15 is 0 Å². The fourth-order valence-corrected chi connectivity index (χ4v) is 3.68. The number of aromatic nitrogens is 1. The van der Waals surface area contributed by atoms with E-state index in [9.17, 15) is 8.78 Å². The summed E-state index contributed by atoms with van der Waals surface area (Å²) in [6, 6.07) is 6.20. The van der Waals surface area contributed by atoms with Crippen molar-refractivity contribution < 1.29 is 13.5 Å². The number of hydrogen-bond donors (Lipinski definition) is 2. The van der Waals surface area contributed by atoms with Gasteiger partial charge in [0.2, 0.25) is 0 Å². The average Bonchev–Trinajstić information content (AvgIpc) is 3.09. The molecule has 0 radical (unpaired) electrons. The quantitative estimate of drug-likeness (QED) is 0.774. The number of nitrogens with one attached hydrogen (secondary N) is 2. The average molecular weight is 385 g/mol. The van der Waals surface area contributed by atoms with Gasteiger partial charge in [-0.3, -0.25) is 4.98 Å². The first-order valence-electron chi connectivity index (χ1n) is 9.79. The van der Waals surface area contributed by atoms with Gasteiger partial charge in [-0.05, 0) is 43.2 Å². The van der Waals surface area contributed by atoms with Crippen molar-refractivity contribution in [3.63, 3.8) is 0 Å². The van der Waals surface area contributed by atoms with Crippen LogP contribution in [0, 0.1) is 11.6 Å². The van der Waals surface area contributed by atoms with Crippen molar-refractivity contribution >= 4 is 0 Å². The Morgan fingerprint density at radius 3 is 2.75 bits per heavy atom. The second-order valence-electron chi connectivity index (χ2n) is 7.57. The van der Waals surface area contributed by atoms with E-state index in [1.807, 2.05) is 19.2 Å². The molecule has 1 aromatic heterocycles. The van der Waals surface area contributed by atoms with Crippen molar-refractivity contribution in [3.05, 3.63) is 65.3 Å². The molecule has 0 spiro atoms. The molecule has 3 heterocycles. The monoisotopic (exact) mass is 385 g/mol. The number of benzene rings is 1. The maximum Gasteiger partial charge on any atom is 0.131 e. The summed E-state index contributed by atoms with van der Waals surface area (Å²) in [7, 11) is 0. The second-order valence-corrected chi connectivity index (χ2v) is 7.57. The molecule has 0 saturated carbocycles. The molecule has 1 saturated heterocycles. The molecule has 4 nitrogen and oxygen atoms in total. The molecule has 2 aliphatic rings. The molecular weight excluding hydrogens is 360 g/mol. The Kier molecular flexibility index (Phi) is 5.31. The van der Waals surface area contributed by atoms with Crippen LogP contribution in [-0.2, 0) is 4.74 Å². The summed E-state index contributed by atoms with van der Waals surface area (Å²) < 4.78 is 34.9. The van der Waals surface area contributed by atoms with Crippen LogP contribution in [0.25, 0.3) is 11.1 Å². The van der Waals surface area contributed by atoms with Crippen LogP contribution in [-0.4, -0.2) is 24.2 Å². The van der Waals surface area contributed by atoms with Crippen molar-refractivity contribution in [2.75, 3.05) is 13.2 Å². The molecule has 1 aromatic carbocycles. The third-order valence-corrected chi connectivity index (χ3v) is 5.56. The van der Waals surface area contributed by atoms with E-state index in [1.54, 1.807) is 12.3 Å². The summed E-state index contributed by atoms with van der Waals surface area (Å²) in [5, 5.41) is 6.58. The van der Waals surface area contributed by atoms with Gasteiger partial charge in [0.25, 0.3) is 0 Å². The van der Waals surface area contributed by atoms with Gasteiger partial charge >= 0.3 is 0 Å². The highest BCUT2D eigenvalue weighted by Crippen LogP contribution is 2.31. The molecular formula is C22H25F2N3O. The molecule has 0 amide bonds. The van der Waals surface area contributed by atoms with Crippen LogP contribution < -0.4 is 10.6 Å².